The van der Waals surface area contributed by atoms with Gasteiger partial charge in [0, 0.05) is 18.6 Å². The van der Waals surface area contributed by atoms with E-state index in [1.165, 1.54) is 0 Å². The molecule has 2 aromatic heterocycles. The second-order valence-electron chi connectivity index (χ2n) is 2.87. The van der Waals surface area contributed by atoms with Gasteiger partial charge in [-0.1, -0.05) is 12.1 Å². The zero-order valence-corrected chi connectivity index (χ0v) is 7.67. The van der Waals surface area contributed by atoms with Gasteiger partial charge in [0.2, 0.25) is 0 Å². The molecule has 0 atom stereocenters. The summed E-state index contributed by atoms with van der Waals surface area (Å²) in [7, 11) is 0. The predicted octanol–water partition coefficient (Wildman–Crippen LogP) is 2.65. The number of nitrogens with zero attached hydrogens (tertiary/aromatic N) is 2. The highest BCUT2D eigenvalue weighted by atomic mass is 14.6. The van der Waals surface area contributed by atoms with Crippen LogP contribution < -0.4 is 0 Å². The number of aromatic nitrogens is 2. The summed E-state index contributed by atoms with van der Waals surface area (Å²) in [5.41, 5.74) is 2.09. The van der Waals surface area contributed by atoms with Crippen LogP contribution in [-0.2, 0) is 0 Å². The Bertz CT molecular complexity index is 365. The van der Waals surface area contributed by atoms with E-state index in [2.05, 4.69) is 9.97 Å². The maximum atomic E-state index is 4.19. The second kappa shape index (κ2) is 4.33. The summed E-state index contributed by atoms with van der Waals surface area (Å²) >= 11 is 0. The smallest absolute Gasteiger partial charge is 0.0629 e. The molecule has 0 aliphatic heterocycles. The average molecular weight is 182 g/mol. The van der Waals surface area contributed by atoms with E-state index in [-0.39, 0.29) is 0 Å². The minimum absolute atomic E-state index is 0.962. The molecule has 2 heterocycles. The molecule has 0 spiro atoms. The van der Waals surface area contributed by atoms with E-state index in [4.69, 9.17) is 0 Å². The first kappa shape index (κ1) is 8.63. The Morgan fingerprint density at radius 2 is 1.71 bits per heavy atom. The number of hydrogen-bond donors (Lipinski definition) is 0. The van der Waals surface area contributed by atoms with Crippen molar-refractivity contribution in [3.05, 3.63) is 60.2 Å². The van der Waals surface area contributed by atoms with Gasteiger partial charge < -0.3 is 0 Å². The first-order valence-electron chi connectivity index (χ1n) is 4.44. The number of rotatable bonds is 2. The van der Waals surface area contributed by atoms with Crippen LogP contribution in [0.2, 0.25) is 0 Å². The Morgan fingerprint density at radius 1 is 0.857 bits per heavy atom. The van der Waals surface area contributed by atoms with Gasteiger partial charge in [0.15, 0.2) is 0 Å². The molecule has 0 saturated heterocycles. The molecule has 0 amide bonds. The Labute approximate surface area is 83.0 Å². The van der Waals surface area contributed by atoms with Gasteiger partial charge in [0.1, 0.15) is 0 Å². The van der Waals surface area contributed by atoms with Gasteiger partial charge in [0.25, 0.3) is 0 Å². The molecule has 0 bridgehead atoms. The van der Waals surface area contributed by atoms with Crippen LogP contribution in [0.15, 0.2) is 48.9 Å². The highest BCUT2D eigenvalue weighted by Crippen LogP contribution is 2.03. The van der Waals surface area contributed by atoms with Crippen molar-refractivity contribution in [2.24, 2.45) is 0 Å². The number of pyridine rings is 2. The predicted molar refractivity (Wildman–Crippen MR) is 57.4 cm³/mol. The fourth-order valence-corrected chi connectivity index (χ4v) is 1.13. The summed E-state index contributed by atoms with van der Waals surface area (Å²) in [6, 6.07) is 9.76. The molecule has 0 aliphatic carbocycles. The quantitative estimate of drug-likeness (QED) is 0.713. The van der Waals surface area contributed by atoms with E-state index in [9.17, 15) is 0 Å². The summed E-state index contributed by atoms with van der Waals surface area (Å²) in [6.07, 6.45) is 9.34. The van der Waals surface area contributed by atoms with Crippen molar-refractivity contribution in [2.45, 2.75) is 0 Å². The summed E-state index contributed by atoms with van der Waals surface area (Å²) < 4.78 is 0. The molecule has 0 N–H and O–H groups in total. The van der Waals surface area contributed by atoms with E-state index < -0.39 is 0 Å². The molecule has 2 heteroatoms. The second-order valence-corrected chi connectivity index (χ2v) is 2.87. The largest absolute Gasteiger partial charge is 0.265 e. The minimum atomic E-state index is 0.962. The van der Waals surface area contributed by atoms with Crippen molar-refractivity contribution >= 4 is 12.2 Å². The van der Waals surface area contributed by atoms with E-state index in [1.807, 2.05) is 42.5 Å². The van der Waals surface area contributed by atoms with Crippen molar-refractivity contribution in [1.82, 2.24) is 9.97 Å². The summed E-state index contributed by atoms with van der Waals surface area (Å²) in [4.78, 5) is 8.14. The SMILES string of the molecule is C(=Cc1ccccn1)c1ccncc1. The van der Waals surface area contributed by atoms with Crippen molar-refractivity contribution in [3.63, 3.8) is 0 Å². The molecule has 2 aromatic rings. The molecule has 0 fully saturated rings. The van der Waals surface area contributed by atoms with Crippen molar-refractivity contribution in [2.75, 3.05) is 0 Å². The van der Waals surface area contributed by atoms with Gasteiger partial charge in [-0.3, -0.25) is 9.97 Å². The topological polar surface area (TPSA) is 25.8 Å². The average Bonchev–Trinajstić information content (AvgIpc) is 2.29. The third-order valence-electron chi connectivity index (χ3n) is 1.84. The van der Waals surface area contributed by atoms with Crippen molar-refractivity contribution in [1.29, 1.82) is 0 Å². The van der Waals surface area contributed by atoms with Gasteiger partial charge in [-0.15, -0.1) is 0 Å². The molecular weight excluding hydrogens is 172 g/mol. The maximum Gasteiger partial charge on any atom is 0.0629 e. The van der Waals surface area contributed by atoms with E-state index in [0.29, 0.717) is 0 Å². The first-order valence-corrected chi connectivity index (χ1v) is 4.44. The van der Waals surface area contributed by atoms with Crippen LogP contribution in [-0.4, -0.2) is 9.97 Å². The lowest BCUT2D eigenvalue weighted by Gasteiger charge is -1.91. The highest BCUT2D eigenvalue weighted by Gasteiger charge is 1.85. The molecule has 0 unspecified atom stereocenters. The monoisotopic (exact) mass is 182 g/mol. The molecule has 0 aromatic carbocycles. The number of hydrogen-bond acceptors (Lipinski definition) is 2. The third-order valence-corrected chi connectivity index (χ3v) is 1.84. The standard InChI is InChI=1S/C12H10N2/c1-2-8-14-12(3-1)5-4-11-6-9-13-10-7-11/h1-10H. The molecular formula is C12H10N2. The lowest BCUT2D eigenvalue weighted by atomic mass is 10.2. The van der Waals surface area contributed by atoms with Crippen molar-refractivity contribution < 1.29 is 0 Å². The molecule has 0 saturated carbocycles. The zero-order valence-electron chi connectivity index (χ0n) is 7.67. The summed E-state index contributed by atoms with van der Waals surface area (Å²) in [5.74, 6) is 0. The van der Waals surface area contributed by atoms with E-state index in [1.54, 1.807) is 18.6 Å². The minimum Gasteiger partial charge on any atom is -0.265 e. The highest BCUT2D eigenvalue weighted by molar-refractivity contribution is 5.67. The van der Waals surface area contributed by atoms with Gasteiger partial charge >= 0.3 is 0 Å². The third kappa shape index (κ3) is 2.26. The van der Waals surface area contributed by atoms with Gasteiger partial charge in [-0.25, -0.2) is 0 Å². The Hall–Kier alpha value is -1.96. The summed E-state index contributed by atoms with van der Waals surface area (Å²) in [6.45, 7) is 0. The molecule has 2 rings (SSSR count). The zero-order chi connectivity index (χ0) is 9.64. The van der Waals surface area contributed by atoms with Crippen LogP contribution in [0, 0.1) is 0 Å². The fourth-order valence-electron chi connectivity index (χ4n) is 1.13. The van der Waals surface area contributed by atoms with Crippen LogP contribution in [0.5, 0.6) is 0 Å². The van der Waals surface area contributed by atoms with Crippen LogP contribution in [0.3, 0.4) is 0 Å². The Morgan fingerprint density at radius 3 is 2.43 bits per heavy atom. The van der Waals surface area contributed by atoms with Crippen LogP contribution in [0.1, 0.15) is 11.3 Å². The normalized spacial score (nSPS) is 10.6. The lowest BCUT2D eigenvalue weighted by Crippen LogP contribution is -1.77. The van der Waals surface area contributed by atoms with Gasteiger partial charge in [0.05, 0.1) is 5.69 Å². The first-order chi connectivity index (χ1) is 6.95. The van der Waals surface area contributed by atoms with E-state index >= 15 is 0 Å². The Kier molecular flexibility index (Phi) is 2.67. The van der Waals surface area contributed by atoms with Crippen LogP contribution in [0.25, 0.3) is 12.2 Å². The van der Waals surface area contributed by atoms with Gasteiger partial charge in [-0.05, 0) is 35.9 Å². The van der Waals surface area contributed by atoms with E-state index in [0.717, 1.165) is 11.3 Å². The maximum absolute atomic E-state index is 4.19. The molecule has 14 heavy (non-hydrogen) atoms. The molecule has 2 nitrogen and oxygen atoms in total. The van der Waals surface area contributed by atoms with Crippen LogP contribution >= 0.6 is 0 Å². The lowest BCUT2D eigenvalue weighted by molar-refractivity contribution is 1.30. The molecule has 68 valence electrons. The van der Waals surface area contributed by atoms with Gasteiger partial charge in [-0.2, -0.15) is 0 Å². The molecule has 0 aliphatic rings. The summed E-state index contributed by atoms with van der Waals surface area (Å²) in [5, 5.41) is 0. The van der Waals surface area contributed by atoms with Crippen molar-refractivity contribution in [3.8, 4) is 0 Å². The molecule has 0 radical (unpaired) electrons. The van der Waals surface area contributed by atoms with Crippen LogP contribution in [0.4, 0.5) is 0 Å². The fraction of sp³-hybridized carbons (Fsp3) is 0. The Balaban J connectivity index is 2.16.